The Morgan fingerprint density at radius 3 is 2.57 bits per heavy atom. The molecule has 0 unspecified atom stereocenters. The van der Waals surface area contributed by atoms with Crippen molar-refractivity contribution in [1.82, 2.24) is 0 Å². The summed E-state index contributed by atoms with van der Waals surface area (Å²) in [6.07, 6.45) is 1.39. The van der Waals surface area contributed by atoms with E-state index in [4.69, 9.17) is 9.15 Å². The van der Waals surface area contributed by atoms with Gasteiger partial charge in [0.2, 0.25) is 0 Å². The number of nitro benzene ring substituents is 1. The molecule has 3 aromatic rings. The molecular formula is C21H19N3O6. The molecule has 0 spiro atoms. The van der Waals surface area contributed by atoms with Crippen molar-refractivity contribution in [3.05, 3.63) is 81.8 Å². The molecule has 30 heavy (non-hydrogen) atoms. The van der Waals surface area contributed by atoms with Crippen LogP contribution in [0.25, 0.3) is 0 Å². The van der Waals surface area contributed by atoms with Gasteiger partial charge in [-0.05, 0) is 55.8 Å². The van der Waals surface area contributed by atoms with Gasteiger partial charge in [-0.15, -0.1) is 0 Å². The van der Waals surface area contributed by atoms with Crippen molar-refractivity contribution in [2.75, 3.05) is 17.2 Å². The maximum Gasteiger partial charge on any atom is 0.311 e. The van der Waals surface area contributed by atoms with Gasteiger partial charge in [0.15, 0.2) is 11.5 Å². The molecule has 3 rings (SSSR count). The number of furan rings is 1. The SMILES string of the molecule is CCOc1ccc(C(=O)Nc2cc(NC(=O)c3ccco3)ccc2C)cc1[N+](=O)[O-]. The average Bonchev–Trinajstić information content (AvgIpc) is 3.26. The summed E-state index contributed by atoms with van der Waals surface area (Å²) in [4.78, 5) is 35.5. The second kappa shape index (κ2) is 8.91. The van der Waals surface area contributed by atoms with Crippen molar-refractivity contribution in [2.45, 2.75) is 13.8 Å². The van der Waals surface area contributed by atoms with Crippen LogP contribution in [-0.4, -0.2) is 23.3 Å². The molecule has 0 aliphatic heterocycles. The third kappa shape index (κ3) is 4.64. The van der Waals surface area contributed by atoms with Crippen LogP contribution < -0.4 is 15.4 Å². The molecule has 2 amide bonds. The van der Waals surface area contributed by atoms with Gasteiger partial charge in [0.25, 0.3) is 11.8 Å². The van der Waals surface area contributed by atoms with Gasteiger partial charge in [-0.3, -0.25) is 19.7 Å². The van der Waals surface area contributed by atoms with Gasteiger partial charge in [0, 0.05) is 23.0 Å². The highest BCUT2D eigenvalue weighted by Crippen LogP contribution is 2.29. The van der Waals surface area contributed by atoms with E-state index in [1.54, 1.807) is 38.1 Å². The molecule has 0 aliphatic rings. The smallest absolute Gasteiger partial charge is 0.311 e. The van der Waals surface area contributed by atoms with Crippen LogP contribution in [0.5, 0.6) is 5.75 Å². The predicted octanol–water partition coefficient (Wildman–Crippen LogP) is 4.40. The highest BCUT2D eigenvalue weighted by molar-refractivity contribution is 6.06. The zero-order valence-corrected chi connectivity index (χ0v) is 16.3. The minimum atomic E-state index is -0.599. The third-order valence-electron chi connectivity index (χ3n) is 4.21. The number of nitrogens with one attached hydrogen (secondary N) is 2. The fraction of sp³-hybridized carbons (Fsp3) is 0.143. The molecule has 0 saturated carbocycles. The Kier molecular flexibility index (Phi) is 6.11. The van der Waals surface area contributed by atoms with Gasteiger partial charge in [0.05, 0.1) is 17.8 Å². The number of benzene rings is 2. The lowest BCUT2D eigenvalue weighted by atomic mass is 10.1. The van der Waals surface area contributed by atoms with E-state index >= 15 is 0 Å². The highest BCUT2D eigenvalue weighted by atomic mass is 16.6. The van der Waals surface area contributed by atoms with E-state index < -0.39 is 16.7 Å². The summed E-state index contributed by atoms with van der Waals surface area (Å²) in [6, 6.07) is 12.2. The number of nitro groups is 1. The van der Waals surface area contributed by atoms with Gasteiger partial charge in [-0.1, -0.05) is 6.07 Å². The van der Waals surface area contributed by atoms with Crippen LogP contribution in [-0.2, 0) is 0 Å². The Bertz CT molecular complexity index is 1090. The minimum Gasteiger partial charge on any atom is -0.487 e. The summed E-state index contributed by atoms with van der Waals surface area (Å²) in [5.41, 5.74) is 1.47. The molecule has 0 saturated heterocycles. The minimum absolute atomic E-state index is 0.0952. The van der Waals surface area contributed by atoms with Crippen molar-refractivity contribution in [1.29, 1.82) is 0 Å². The summed E-state index contributed by atoms with van der Waals surface area (Å²) in [7, 11) is 0. The van der Waals surface area contributed by atoms with Crippen LogP contribution in [0.2, 0.25) is 0 Å². The molecule has 9 nitrogen and oxygen atoms in total. The molecule has 1 heterocycles. The molecule has 0 aliphatic carbocycles. The Morgan fingerprint density at radius 1 is 1.10 bits per heavy atom. The van der Waals surface area contributed by atoms with Crippen molar-refractivity contribution in [3.8, 4) is 5.75 Å². The number of hydrogen-bond donors (Lipinski definition) is 2. The van der Waals surface area contributed by atoms with Crippen molar-refractivity contribution in [2.24, 2.45) is 0 Å². The van der Waals surface area contributed by atoms with E-state index in [1.165, 1.54) is 24.5 Å². The molecule has 0 fully saturated rings. The quantitative estimate of drug-likeness (QED) is 0.440. The van der Waals surface area contributed by atoms with E-state index in [-0.39, 0.29) is 29.4 Å². The standard InChI is InChI=1S/C21H19N3O6/c1-3-29-18-9-7-14(11-17(18)24(27)28)20(25)23-16-12-15(8-6-13(16)2)22-21(26)19-5-4-10-30-19/h4-12H,3H2,1-2H3,(H,22,26)(H,23,25). The number of nitrogens with zero attached hydrogens (tertiary/aromatic N) is 1. The molecular weight excluding hydrogens is 390 g/mol. The summed E-state index contributed by atoms with van der Waals surface area (Å²) < 4.78 is 10.3. The van der Waals surface area contributed by atoms with E-state index in [9.17, 15) is 19.7 Å². The number of hydrogen-bond acceptors (Lipinski definition) is 6. The van der Waals surface area contributed by atoms with E-state index in [0.29, 0.717) is 11.4 Å². The zero-order valence-electron chi connectivity index (χ0n) is 16.3. The summed E-state index contributed by atoms with van der Waals surface area (Å²) in [5.74, 6) is -0.706. The van der Waals surface area contributed by atoms with E-state index in [0.717, 1.165) is 11.6 Å². The summed E-state index contributed by atoms with van der Waals surface area (Å²) >= 11 is 0. The van der Waals surface area contributed by atoms with Crippen LogP contribution in [0.1, 0.15) is 33.4 Å². The summed E-state index contributed by atoms with van der Waals surface area (Å²) in [6.45, 7) is 3.77. The first-order valence-corrected chi connectivity index (χ1v) is 9.07. The number of amides is 2. The Morgan fingerprint density at radius 2 is 1.90 bits per heavy atom. The lowest BCUT2D eigenvalue weighted by molar-refractivity contribution is -0.385. The van der Waals surface area contributed by atoms with Crippen molar-refractivity contribution < 1.29 is 23.7 Å². The molecule has 0 radical (unpaired) electrons. The maximum atomic E-state index is 12.7. The molecule has 2 aromatic carbocycles. The number of ether oxygens (including phenoxy) is 1. The van der Waals surface area contributed by atoms with Crippen LogP contribution >= 0.6 is 0 Å². The fourth-order valence-corrected chi connectivity index (χ4v) is 2.71. The van der Waals surface area contributed by atoms with Gasteiger partial charge in [-0.2, -0.15) is 0 Å². The lowest BCUT2D eigenvalue weighted by Crippen LogP contribution is -2.15. The van der Waals surface area contributed by atoms with E-state index in [2.05, 4.69) is 10.6 Å². The van der Waals surface area contributed by atoms with Gasteiger partial charge in [-0.25, -0.2) is 0 Å². The molecule has 0 atom stereocenters. The molecule has 0 bridgehead atoms. The Balaban J connectivity index is 1.80. The Hall–Kier alpha value is -4.14. The monoisotopic (exact) mass is 409 g/mol. The largest absolute Gasteiger partial charge is 0.487 e. The van der Waals surface area contributed by atoms with Gasteiger partial charge >= 0.3 is 5.69 Å². The van der Waals surface area contributed by atoms with Crippen molar-refractivity contribution >= 4 is 28.9 Å². The number of carbonyl (C=O) groups excluding carboxylic acids is 2. The topological polar surface area (TPSA) is 124 Å². The number of aryl methyl sites for hydroxylation is 1. The highest BCUT2D eigenvalue weighted by Gasteiger charge is 2.19. The van der Waals surface area contributed by atoms with Crippen LogP contribution in [0.15, 0.2) is 59.2 Å². The lowest BCUT2D eigenvalue weighted by Gasteiger charge is -2.12. The average molecular weight is 409 g/mol. The van der Waals surface area contributed by atoms with Gasteiger partial charge in [0.1, 0.15) is 0 Å². The Labute approximate surface area is 171 Å². The predicted molar refractivity (Wildman–Crippen MR) is 110 cm³/mol. The molecule has 1 aromatic heterocycles. The first-order chi connectivity index (χ1) is 14.4. The third-order valence-corrected chi connectivity index (χ3v) is 4.21. The molecule has 9 heteroatoms. The normalized spacial score (nSPS) is 10.3. The number of rotatable bonds is 7. The number of carbonyl (C=O) groups is 2. The van der Waals surface area contributed by atoms with Crippen LogP contribution in [0.3, 0.4) is 0 Å². The maximum absolute atomic E-state index is 12.7. The second-order valence-electron chi connectivity index (χ2n) is 6.29. The first-order valence-electron chi connectivity index (χ1n) is 9.07. The first kappa shape index (κ1) is 20.6. The summed E-state index contributed by atoms with van der Waals surface area (Å²) in [5, 5.41) is 16.7. The second-order valence-corrected chi connectivity index (χ2v) is 6.29. The fourth-order valence-electron chi connectivity index (χ4n) is 2.71. The van der Waals surface area contributed by atoms with Gasteiger partial charge < -0.3 is 19.8 Å². The zero-order chi connectivity index (χ0) is 21.7. The van der Waals surface area contributed by atoms with Crippen molar-refractivity contribution in [3.63, 3.8) is 0 Å². The van der Waals surface area contributed by atoms with E-state index in [1.807, 2.05) is 0 Å². The van der Waals surface area contributed by atoms with Crippen LogP contribution in [0, 0.1) is 17.0 Å². The molecule has 154 valence electrons. The van der Waals surface area contributed by atoms with Crippen LogP contribution in [0.4, 0.5) is 17.1 Å². The molecule has 2 N–H and O–H groups in total. The number of anilines is 2.